The number of aromatic nitrogens is 1. The average Bonchev–Trinajstić information content (AvgIpc) is 2.97. The fourth-order valence-corrected chi connectivity index (χ4v) is 4.62. The summed E-state index contributed by atoms with van der Waals surface area (Å²) in [4.78, 5) is 21.5. The van der Waals surface area contributed by atoms with Gasteiger partial charge >= 0.3 is 6.03 Å². The molecule has 2 aromatic rings. The van der Waals surface area contributed by atoms with E-state index in [9.17, 15) is 4.79 Å². The van der Waals surface area contributed by atoms with Crippen molar-refractivity contribution in [2.75, 3.05) is 25.5 Å². The van der Waals surface area contributed by atoms with Crippen LogP contribution in [-0.2, 0) is 0 Å². The van der Waals surface area contributed by atoms with Gasteiger partial charge in [-0.25, -0.2) is 9.78 Å². The number of carbonyl (C=O) groups is 1. The Labute approximate surface area is 140 Å². The fraction of sp³-hybridized carbons (Fsp3) is 0.529. The van der Waals surface area contributed by atoms with Gasteiger partial charge in [0.15, 0.2) is 0 Å². The summed E-state index contributed by atoms with van der Waals surface area (Å²) in [5.41, 5.74) is 1.79. The maximum absolute atomic E-state index is 12.6. The molecular formula is C17H22N4OS. The van der Waals surface area contributed by atoms with Gasteiger partial charge in [-0.2, -0.15) is 0 Å². The van der Waals surface area contributed by atoms with Crippen LogP contribution in [0.3, 0.4) is 0 Å². The van der Waals surface area contributed by atoms with Crippen LogP contribution in [0.25, 0.3) is 10.2 Å². The van der Waals surface area contributed by atoms with E-state index in [0.717, 1.165) is 40.4 Å². The summed E-state index contributed by atoms with van der Waals surface area (Å²) in [5.74, 6) is 0. The maximum Gasteiger partial charge on any atom is 0.321 e. The molecule has 2 amide bonds. The molecule has 5 nitrogen and oxygen atoms in total. The van der Waals surface area contributed by atoms with Crippen LogP contribution in [-0.4, -0.2) is 53.0 Å². The summed E-state index contributed by atoms with van der Waals surface area (Å²) in [6.45, 7) is 3.68. The highest BCUT2D eigenvalue weighted by atomic mass is 32.1. The molecule has 3 heterocycles. The van der Waals surface area contributed by atoms with E-state index in [1.165, 1.54) is 12.8 Å². The predicted molar refractivity (Wildman–Crippen MR) is 94.1 cm³/mol. The lowest BCUT2D eigenvalue weighted by atomic mass is 10.1. The number of hydrogen-bond acceptors (Lipinski definition) is 4. The molecule has 2 fully saturated rings. The summed E-state index contributed by atoms with van der Waals surface area (Å²) >= 11 is 1.68. The van der Waals surface area contributed by atoms with Gasteiger partial charge in [-0.05, 0) is 51.4 Å². The molecule has 0 spiro atoms. The van der Waals surface area contributed by atoms with Crippen molar-refractivity contribution in [3.05, 3.63) is 23.2 Å². The summed E-state index contributed by atoms with van der Waals surface area (Å²) in [6, 6.07) is 7.13. The average molecular weight is 330 g/mol. The second kappa shape index (κ2) is 5.76. The molecule has 2 aliphatic heterocycles. The Kier molecular flexibility index (Phi) is 3.73. The SMILES string of the molecule is Cc1nc2cc(NC(=O)N3CC[C@@H]4CC[C@H](C3)N4C)ccc2s1. The molecule has 1 aromatic carbocycles. The van der Waals surface area contributed by atoms with E-state index in [2.05, 4.69) is 22.2 Å². The molecule has 0 radical (unpaired) electrons. The zero-order valence-electron chi connectivity index (χ0n) is 13.6. The van der Waals surface area contributed by atoms with Crippen molar-refractivity contribution in [1.82, 2.24) is 14.8 Å². The number of fused-ring (bicyclic) bond motifs is 3. The van der Waals surface area contributed by atoms with Gasteiger partial charge in [-0.15, -0.1) is 11.3 Å². The quantitative estimate of drug-likeness (QED) is 0.873. The predicted octanol–water partition coefficient (Wildman–Crippen LogP) is 3.31. The number of amides is 2. The lowest BCUT2D eigenvalue weighted by Gasteiger charge is -2.26. The molecule has 23 heavy (non-hydrogen) atoms. The van der Waals surface area contributed by atoms with E-state index < -0.39 is 0 Å². The van der Waals surface area contributed by atoms with Crippen molar-refractivity contribution < 1.29 is 4.79 Å². The lowest BCUT2D eigenvalue weighted by molar-refractivity contribution is 0.200. The standard InChI is InChI=1S/C17H22N4OS/c1-11-18-15-9-12(3-6-16(15)23-11)19-17(22)21-8-7-13-4-5-14(10-21)20(13)2/h3,6,9,13-14H,4-5,7-8,10H2,1-2H3,(H,19,22)/t13-,14+/m0/s1. The van der Waals surface area contributed by atoms with Crippen LogP contribution in [0.5, 0.6) is 0 Å². The van der Waals surface area contributed by atoms with E-state index >= 15 is 0 Å². The summed E-state index contributed by atoms with van der Waals surface area (Å²) in [6.07, 6.45) is 3.55. The number of nitrogens with zero attached hydrogens (tertiary/aromatic N) is 3. The van der Waals surface area contributed by atoms with E-state index in [1.54, 1.807) is 11.3 Å². The van der Waals surface area contributed by atoms with Gasteiger partial charge in [0, 0.05) is 30.9 Å². The molecule has 0 saturated carbocycles. The van der Waals surface area contributed by atoms with Crippen LogP contribution >= 0.6 is 11.3 Å². The third kappa shape index (κ3) is 2.81. The topological polar surface area (TPSA) is 48.5 Å². The third-order valence-electron chi connectivity index (χ3n) is 5.18. The lowest BCUT2D eigenvalue weighted by Crippen LogP contribution is -2.41. The second-order valence-electron chi connectivity index (χ2n) is 6.63. The molecule has 1 aromatic heterocycles. The first-order valence-corrected chi connectivity index (χ1v) is 9.07. The molecule has 2 bridgehead atoms. The minimum atomic E-state index is 0.0113. The number of rotatable bonds is 1. The summed E-state index contributed by atoms with van der Waals surface area (Å²) in [5, 5.41) is 4.10. The monoisotopic (exact) mass is 330 g/mol. The van der Waals surface area contributed by atoms with Crippen molar-refractivity contribution >= 4 is 33.3 Å². The number of nitrogens with one attached hydrogen (secondary N) is 1. The minimum absolute atomic E-state index is 0.0113. The van der Waals surface area contributed by atoms with Crippen molar-refractivity contribution in [3.63, 3.8) is 0 Å². The Balaban J connectivity index is 1.48. The third-order valence-corrected chi connectivity index (χ3v) is 6.13. The highest BCUT2D eigenvalue weighted by Gasteiger charge is 2.35. The molecule has 0 unspecified atom stereocenters. The van der Waals surface area contributed by atoms with Crippen molar-refractivity contribution in [2.45, 2.75) is 38.3 Å². The minimum Gasteiger partial charge on any atom is -0.323 e. The number of carbonyl (C=O) groups excluding carboxylic acids is 1. The molecule has 2 aliphatic rings. The number of likely N-dealkylation sites (N-methyl/N-ethyl adjacent to an activating group) is 1. The Morgan fingerprint density at radius 1 is 1.30 bits per heavy atom. The fourth-order valence-electron chi connectivity index (χ4n) is 3.82. The first kappa shape index (κ1) is 14.9. The van der Waals surface area contributed by atoms with Gasteiger partial charge in [0.25, 0.3) is 0 Å². The van der Waals surface area contributed by atoms with Gasteiger partial charge < -0.3 is 10.2 Å². The molecule has 122 valence electrons. The highest BCUT2D eigenvalue weighted by Crippen LogP contribution is 2.29. The highest BCUT2D eigenvalue weighted by molar-refractivity contribution is 7.18. The van der Waals surface area contributed by atoms with E-state index in [-0.39, 0.29) is 6.03 Å². The number of hydrogen-bond donors (Lipinski definition) is 1. The van der Waals surface area contributed by atoms with E-state index in [0.29, 0.717) is 12.1 Å². The molecule has 1 N–H and O–H groups in total. The summed E-state index contributed by atoms with van der Waals surface area (Å²) in [7, 11) is 2.20. The Morgan fingerprint density at radius 2 is 2.13 bits per heavy atom. The first-order valence-electron chi connectivity index (χ1n) is 8.25. The van der Waals surface area contributed by atoms with Gasteiger partial charge in [0.1, 0.15) is 0 Å². The number of anilines is 1. The number of benzene rings is 1. The van der Waals surface area contributed by atoms with Gasteiger partial charge in [-0.3, -0.25) is 4.90 Å². The summed E-state index contributed by atoms with van der Waals surface area (Å²) < 4.78 is 1.16. The molecule has 4 rings (SSSR count). The van der Waals surface area contributed by atoms with Gasteiger partial charge in [-0.1, -0.05) is 0 Å². The molecule has 2 atom stereocenters. The Morgan fingerprint density at radius 3 is 3.00 bits per heavy atom. The van der Waals surface area contributed by atoms with Crippen molar-refractivity contribution in [2.24, 2.45) is 0 Å². The number of urea groups is 1. The smallest absolute Gasteiger partial charge is 0.321 e. The second-order valence-corrected chi connectivity index (χ2v) is 7.87. The molecule has 2 saturated heterocycles. The largest absolute Gasteiger partial charge is 0.323 e. The zero-order valence-corrected chi connectivity index (χ0v) is 14.4. The van der Waals surface area contributed by atoms with E-state index in [4.69, 9.17) is 0 Å². The van der Waals surface area contributed by atoms with Crippen LogP contribution in [0.2, 0.25) is 0 Å². The Bertz CT molecular complexity index is 743. The van der Waals surface area contributed by atoms with Crippen LogP contribution in [0, 0.1) is 6.92 Å². The zero-order chi connectivity index (χ0) is 16.0. The Hall–Kier alpha value is -1.66. The first-order chi connectivity index (χ1) is 11.1. The van der Waals surface area contributed by atoms with Crippen molar-refractivity contribution in [1.29, 1.82) is 0 Å². The van der Waals surface area contributed by atoms with Gasteiger partial charge in [0.05, 0.1) is 15.2 Å². The maximum atomic E-state index is 12.6. The van der Waals surface area contributed by atoms with Crippen LogP contribution in [0.15, 0.2) is 18.2 Å². The number of thiazole rings is 1. The number of aryl methyl sites for hydroxylation is 1. The van der Waals surface area contributed by atoms with Crippen LogP contribution < -0.4 is 5.32 Å². The normalized spacial score (nSPS) is 24.9. The van der Waals surface area contributed by atoms with Crippen LogP contribution in [0.1, 0.15) is 24.3 Å². The molecule has 6 heteroatoms. The molecular weight excluding hydrogens is 308 g/mol. The molecule has 0 aliphatic carbocycles. The van der Waals surface area contributed by atoms with Crippen molar-refractivity contribution in [3.8, 4) is 0 Å². The van der Waals surface area contributed by atoms with E-state index in [1.807, 2.05) is 30.0 Å². The van der Waals surface area contributed by atoms with Gasteiger partial charge in [0.2, 0.25) is 0 Å². The number of likely N-dealkylation sites (tertiary alicyclic amines) is 1. The van der Waals surface area contributed by atoms with Crippen LogP contribution in [0.4, 0.5) is 10.5 Å².